The molecule has 0 amide bonds. The summed E-state index contributed by atoms with van der Waals surface area (Å²) in [7, 11) is 1.66. The summed E-state index contributed by atoms with van der Waals surface area (Å²) in [6.07, 6.45) is 0.776. The summed E-state index contributed by atoms with van der Waals surface area (Å²) in [4.78, 5) is 0. The van der Waals surface area contributed by atoms with Crippen LogP contribution in [0.4, 0.5) is 10.1 Å². The van der Waals surface area contributed by atoms with E-state index in [-0.39, 0.29) is 11.9 Å². The molecule has 0 bridgehead atoms. The zero-order chi connectivity index (χ0) is 14.5. The molecule has 0 saturated carbocycles. The van der Waals surface area contributed by atoms with Crippen LogP contribution in [0.15, 0.2) is 42.5 Å². The van der Waals surface area contributed by atoms with E-state index < -0.39 is 0 Å². The van der Waals surface area contributed by atoms with Gasteiger partial charge in [-0.2, -0.15) is 0 Å². The van der Waals surface area contributed by atoms with E-state index in [1.807, 2.05) is 44.2 Å². The molecule has 20 heavy (non-hydrogen) atoms. The van der Waals surface area contributed by atoms with Gasteiger partial charge >= 0.3 is 0 Å². The third-order valence-electron chi connectivity index (χ3n) is 3.33. The van der Waals surface area contributed by atoms with E-state index in [0.717, 1.165) is 23.3 Å². The third-order valence-corrected chi connectivity index (χ3v) is 3.33. The largest absolute Gasteiger partial charge is 0.496 e. The minimum absolute atomic E-state index is 0.113. The Morgan fingerprint density at radius 3 is 2.60 bits per heavy atom. The van der Waals surface area contributed by atoms with Crippen LogP contribution < -0.4 is 10.1 Å². The maximum atomic E-state index is 13.8. The first-order chi connectivity index (χ1) is 9.61. The third kappa shape index (κ3) is 3.29. The summed E-state index contributed by atoms with van der Waals surface area (Å²) in [5.74, 6) is 0.656. The summed E-state index contributed by atoms with van der Waals surface area (Å²) >= 11 is 0. The molecule has 0 spiro atoms. The molecule has 1 N–H and O–H groups in total. The number of ether oxygens (including phenoxy) is 1. The van der Waals surface area contributed by atoms with Gasteiger partial charge in [-0.05, 0) is 43.5 Å². The van der Waals surface area contributed by atoms with Gasteiger partial charge in [0, 0.05) is 6.04 Å². The number of nitrogens with one attached hydrogen (secondary N) is 1. The summed E-state index contributed by atoms with van der Waals surface area (Å²) < 4.78 is 19.1. The molecular weight excluding hydrogens is 253 g/mol. The summed E-state index contributed by atoms with van der Waals surface area (Å²) in [5.41, 5.74) is 2.61. The first-order valence-corrected chi connectivity index (χ1v) is 6.75. The van der Waals surface area contributed by atoms with Crippen LogP contribution >= 0.6 is 0 Å². The van der Waals surface area contributed by atoms with Crippen molar-refractivity contribution >= 4 is 5.69 Å². The van der Waals surface area contributed by atoms with Crippen molar-refractivity contribution in [3.05, 3.63) is 59.4 Å². The molecule has 0 radical (unpaired) electrons. The number of benzene rings is 2. The Kier molecular flexibility index (Phi) is 4.61. The van der Waals surface area contributed by atoms with Gasteiger partial charge in [-0.3, -0.25) is 0 Å². The van der Waals surface area contributed by atoms with E-state index in [2.05, 4.69) is 5.32 Å². The Bertz CT molecular complexity index is 563. The van der Waals surface area contributed by atoms with Gasteiger partial charge in [0.2, 0.25) is 0 Å². The number of anilines is 1. The molecule has 0 saturated heterocycles. The van der Waals surface area contributed by atoms with E-state index in [1.54, 1.807) is 13.2 Å². The first-order valence-electron chi connectivity index (χ1n) is 6.75. The molecular formula is C17H20FNO. The van der Waals surface area contributed by atoms with Gasteiger partial charge in [0.25, 0.3) is 0 Å². The molecule has 1 atom stereocenters. The molecule has 0 fully saturated rings. The Hall–Kier alpha value is -2.03. The average molecular weight is 273 g/mol. The normalized spacial score (nSPS) is 12.0. The highest BCUT2D eigenvalue weighted by Gasteiger charge is 2.11. The Morgan fingerprint density at radius 1 is 1.15 bits per heavy atom. The number of rotatable bonds is 5. The number of para-hydroxylation sites is 2. The minimum Gasteiger partial charge on any atom is -0.496 e. The number of halogens is 1. The van der Waals surface area contributed by atoms with E-state index in [1.165, 1.54) is 6.07 Å². The first kappa shape index (κ1) is 14.4. The second-order valence-electron chi connectivity index (χ2n) is 4.99. The average Bonchev–Trinajstić information content (AvgIpc) is 2.44. The van der Waals surface area contributed by atoms with Crippen molar-refractivity contribution < 1.29 is 9.13 Å². The van der Waals surface area contributed by atoms with Gasteiger partial charge in [-0.1, -0.05) is 30.3 Å². The van der Waals surface area contributed by atoms with Crippen molar-refractivity contribution in [2.24, 2.45) is 0 Å². The van der Waals surface area contributed by atoms with Gasteiger partial charge in [0.15, 0.2) is 0 Å². The number of methoxy groups -OCH3 is 1. The van der Waals surface area contributed by atoms with Crippen LogP contribution in [0, 0.1) is 12.7 Å². The lowest BCUT2D eigenvalue weighted by Crippen LogP contribution is -2.20. The summed E-state index contributed by atoms with van der Waals surface area (Å²) in [6, 6.07) is 13.1. The molecule has 3 heteroatoms. The molecule has 106 valence electrons. The van der Waals surface area contributed by atoms with Crippen LogP contribution in [0.3, 0.4) is 0 Å². The van der Waals surface area contributed by atoms with Crippen LogP contribution in [0.25, 0.3) is 0 Å². The van der Waals surface area contributed by atoms with Gasteiger partial charge in [-0.15, -0.1) is 0 Å². The van der Waals surface area contributed by atoms with Crippen molar-refractivity contribution in [1.29, 1.82) is 0 Å². The van der Waals surface area contributed by atoms with Crippen LogP contribution in [-0.2, 0) is 6.42 Å². The Morgan fingerprint density at radius 2 is 1.90 bits per heavy atom. The van der Waals surface area contributed by atoms with E-state index in [4.69, 9.17) is 4.74 Å². The SMILES string of the molecule is COc1ccccc1CC(C)Nc1c(C)cccc1F. The van der Waals surface area contributed by atoms with Gasteiger partial charge < -0.3 is 10.1 Å². The second kappa shape index (κ2) is 6.42. The molecule has 2 rings (SSSR count). The highest BCUT2D eigenvalue weighted by atomic mass is 19.1. The lowest BCUT2D eigenvalue weighted by molar-refractivity contribution is 0.409. The number of hydrogen-bond donors (Lipinski definition) is 1. The van der Waals surface area contributed by atoms with Crippen molar-refractivity contribution in [3.63, 3.8) is 0 Å². The van der Waals surface area contributed by atoms with Crippen LogP contribution in [-0.4, -0.2) is 13.2 Å². The van der Waals surface area contributed by atoms with E-state index in [0.29, 0.717) is 5.69 Å². The van der Waals surface area contributed by atoms with Crippen molar-refractivity contribution in [2.75, 3.05) is 12.4 Å². The molecule has 0 aliphatic carbocycles. The fraction of sp³-hybridized carbons (Fsp3) is 0.294. The van der Waals surface area contributed by atoms with Crippen LogP contribution in [0.1, 0.15) is 18.1 Å². The Balaban J connectivity index is 2.11. The maximum absolute atomic E-state index is 13.8. The van der Waals surface area contributed by atoms with Crippen LogP contribution in [0.2, 0.25) is 0 Å². The predicted octanol–water partition coefficient (Wildman–Crippen LogP) is 4.19. The smallest absolute Gasteiger partial charge is 0.146 e. The molecule has 2 aromatic carbocycles. The molecule has 0 aliphatic heterocycles. The lowest BCUT2D eigenvalue weighted by atomic mass is 10.0. The molecule has 2 aromatic rings. The lowest BCUT2D eigenvalue weighted by Gasteiger charge is -2.19. The zero-order valence-corrected chi connectivity index (χ0v) is 12.1. The second-order valence-corrected chi connectivity index (χ2v) is 4.99. The fourth-order valence-electron chi connectivity index (χ4n) is 2.31. The Labute approximate surface area is 119 Å². The summed E-state index contributed by atoms with van der Waals surface area (Å²) in [5, 5.41) is 3.25. The minimum atomic E-state index is -0.211. The molecule has 0 aromatic heterocycles. The predicted molar refractivity (Wildman–Crippen MR) is 80.9 cm³/mol. The zero-order valence-electron chi connectivity index (χ0n) is 12.1. The summed E-state index contributed by atoms with van der Waals surface area (Å²) in [6.45, 7) is 3.94. The van der Waals surface area contributed by atoms with Crippen molar-refractivity contribution in [1.82, 2.24) is 0 Å². The maximum Gasteiger partial charge on any atom is 0.146 e. The standard InChI is InChI=1S/C17H20FNO/c1-12-7-6-9-15(18)17(12)19-13(2)11-14-8-4-5-10-16(14)20-3/h4-10,13,19H,11H2,1-3H3. The highest BCUT2D eigenvalue weighted by Crippen LogP contribution is 2.23. The topological polar surface area (TPSA) is 21.3 Å². The number of hydrogen-bond acceptors (Lipinski definition) is 2. The van der Waals surface area contributed by atoms with Crippen LogP contribution in [0.5, 0.6) is 5.75 Å². The molecule has 2 nitrogen and oxygen atoms in total. The van der Waals surface area contributed by atoms with Crippen molar-refractivity contribution in [2.45, 2.75) is 26.3 Å². The van der Waals surface area contributed by atoms with E-state index in [9.17, 15) is 4.39 Å². The highest BCUT2D eigenvalue weighted by molar-refractivity contribution is 5.52. The van der Waals surface area contributed by atoms with E-state index >= 15 is 0 Å². The monoisotopic (exact) mass is 273 g/mol. The van der Waals surface area contributed by atoms with Gasteiger partial charge in [0.05, 0.1) is 12.8 Å². The molecule has 1 unspecified atom stereocenters. The van der Waals surface area contributed by atoms with Gasteiger partial charge in [-0.25, -0.2) is 4.39 Å². The van der Waals surface area contributed by atoms with Crippen molar-refractivity contribution in [3.8, 4) is 5.75 Å². The number of aryl methyl sites for hydroxylation is 1. The molecule has 0 aliphatic rings. The molecule has 0 heterocycles. The quantitative estimate of drug-likeness (QED) is 0.882. The fourth-order valence-corrected chi connectivity index (χ4v) is 2.31. The van der Waals surface area contributed by atoms with Gasteiger partial charge in [0.1, 0.15) is 11.6 Å².